The number of aliphatic carboxylic acids is 1. The zero-order chi connectivity index (χ0) is 18.6. The molecule has 8 heteroatoms. The Balaban J connectivity index is 1.86. The van der Waals surface area contributed by atoms with E-state index in [0.29, 0.717) is 30.6 Å². The lowest BCUT2D eigenvalue weighted by atomic mass is 9.90. The van der Waals surface area contributed by atoms with E-state index >= 15 is 0 Å². The summed E-state index contributed by atoms with van der Waals surface area (Å²) in [6.07, 6.45) is 2.16. The molecule has 1 N–H and O–H groups in total. The van der Waals surface area contributed by atoms with Gasteiger partial charge >= 0.3 is 5.97 Å². The van der Waals surface area contributed by atoms with Crippen molar-refractivity contribution in [1.82, 2.24) is 4.90 Å². The molecule has 2 atom stereocenters. The Morgan fingerprint density at radius 3 is 2.56 bits per heavy atom. The number of rotatable bonds is 3. The number of carbonyl (C=O) groups excluding carboxylic acids is 1. The largest absolute Gasteiger partial charge is 0.481 e. The first-order valence-corrected chi connectivity index (χ1v) is 10.0. The second-order valence-corrected chi connectivity index (χ2v) is 9.16. The van der Waals surface area contributed by atoms with Crippen LogP contribution in [-0.2, 0) is 21.2 Å². The molecule has 1 amide bonds. The molecule has 2 aliphatic heterocycles. The number of amides is 1. The number of carbonyl (C=O) groups is 2. The number of fused-ring (bicyclic) bond motifs is 1. The van der Waals surface area contributed by atoms with Crippen molar-refractivity contribution in [3.8, 4) is 0 Å². The van der Waals surface area contributed by atoms with Gasteiger partial charge in [-0.15, -0.1) is 0 Å². The predicted octanol–water partition coefficient (Wildman–Crippen LogP) is 1.33. The fourth-order valence-corrected chi connectivity index (χ4v) is 5.00. The number of anilines is 1. The van der Waals surface area contributed by atoms with Gasteiger partial charge in [0.05, 0.1) is 17.4 Å². The van der Waals surface area contributed by atoms with Crippen LogP contribution >= 0.6 is 0 Å². The van der Waals surface area contributed by atoms with Gasteiger partial charge in [0, 0.05) is 24.7 Å². The maximum Gasteiger partial charge on any atom is 0.311 e. The summed E-state index contributed by atoms with van der Waals surface area (Å²) in [5, 5.41) is 9.30. The summed E-state index contributed by atoms with van der Waals surface area (Å²) in [6, 6.07) is 4.83. The highest BCUT2D eigenvalue weighted by Crippen LogP contribution is 2.36. The Labute approximate surface area is 147 Å². The SMILES string of the molecule is CC1Cc2cc(C(=O)N3CCC(C)(C(=O)O)C3)ccc2N1S(C)(=O)=O. The zero-order valence-electron chi connectivity index (χ0n) is 14.5. The topological polar surface area (TPSA) is 95.0 Å². The first-order valence-electron chi connectivity index (χ1n) is 8.18. The van der Waals surface area contributed by atoms with Crippen molar-refractivity contribution in [2.45, 2.75) is 32.7 Å². The van der Waals surface area contributed by atoms with E-state index in [2.05, 4.69) is 0 Å². The molecule has 2 heterocycles. The van der Waals surface area contributed by atoms with Crippen LogP contribution in [-0.4, -0.2) is 55.7 Å². The third-order valence-corrected chi connectivity index (χ3v) is 6.38. The summed E-state index contributed by atoms with van der Waals surface area (Å²) in [7, 11) is -3.37. The van der Waals surface area contributed by atoms with E-state index in [-0.39, 0.29) is 18.5 Å². The molecule has 0 radical (unpaired) electrons. The smallest absolute Gasteiger partial charge is 0.311 e. The monoisotopic (exact) mass is 366 g/mol. The first kappa shape index (κ1) is 17.7. The minimum atomic E-state index is -3.37. The number of nitrogens with zero attached hydrogens (tertiary/aromatic N) is 2. The van der Waals surface area contributed by atoms with Gasteiger partial charge in [-0.1, -0.05) is 0 Å². The molecular weight excluding hydrogens is 344 g/mol. The van der Waals surface area contributed by atoms with E-state index in [1.807, 2.05) is 6.92 Å². The summed E-state index contributed by atoms with van der Waals surface area (Å²) in [6.45, 7) is 4.08. The molecule has 1 saturated heterocycles. The van der Waals surface area contributed by atoms with Gasteiger partial charge in [0.15, 0.2) is 0 Å². The number of carboxylic acids is 1. The second-order valence-electron chi connectivity index (χ2n) is 7.30. The van der Waals surface area contributed by atoms with Gasteiger partial charge in [-0.2, -0.15) is 0 Å². The zero-order valence-corrected chi connectivity index (χ0v) is 15.3. The van der Waals surface area contributed by atoms with Gasteiger partial charge < -0.3 is 10.0 Å². The first-order chi connectivity index (χ1) is 11.5. The third-order valence-electron chi connectivity index (χ3n) is 5.11. The van der Waals surface area contributed by atoms with Gasteiger partial charge in [-0.05, 0) is 50.5 Å². The van der Waals surface area contributed by atoms with Crippen molar-refractivity contribution >= 4 is 27.6 Å². The van der Waals surface area contributed by atoms with E-state index in [1.54, 1.807) is 30.0 Å². The Hall–Kier alpha value is -2.09. The maximum atomic E-state index is 12.7. The number of likely N-dealkylation sites (tertiary alicyclic amines) is 1. The highest BCUT2D eigenvalue weighted by molar-refractivity contribution is 7.92. The highest BCUT2D eigenvalue weighted by Gasteiger charge is 2.42. The molecule has 0 bridgehead atoms. The van der Waals surface area contributed by atoms with Crippen molar-refractivity contribution in [3.63, 3.8) is 0 Å². The lowest BCUT2D eigenvalue weighted by Gasteiger charge is -2.22. The van der Waals surface area contributed by atoms with Crippen molar-refractivity contribution in [3.05, 3.63) is 29.3 Å². The quantitative estimate of drug-likeness (QED) is 0.871. The van der Waals surface area contributed by atoms with Crippen molar-refractivity contribution in [1.29, 1.82) is 0 Å². The van der Waals surface area contributed by atoms with Crippen LogP contribution < -0.4 is 4.31 Å². The van der Waals surface area contributed by atoms with Crippen LogP contribution in [0.3, 0.4) is 0 Å². The molecule has 2 aliphatic rings. The van der Waals surface area contributed by atoms with Gasteiger partial charge in [-0.25, -0.2) is 8.42 Å². The molecule has 1 fully saturated rings. The van der Waals surface area contributed by atoms with Crippen LogP contribution in [0, 0.1) is 5.41 Å². The van der Waals surface area contributed by atoms with Crippen LogP contribution in [0.1, 0.15) is 36.2 Å². The molecular formula is C17H22N2O5S. The van der Waals surface area contributed by atoms with Gasteiger partial charge in [0.2, 0.25) is 10.0 Å². The number of benzene rings is 1. The molecule has 0 spiro atoms. The average molecular weight is 366 g/mol. The number of carboxylic acid groups (broad SMARTS) is 1. The molecule has 3 rings (SSSR count). The van der Waals surface area contributed by atoms with Gasteiger partial charge in [-0.3, -0.25) is 13.9 Å². The number of hydrogen-bond acceptors (Lipinski definition) is 4. The molecule has 0 aromatic heterocycles. The molecule has 25 heavy (non-hydrogen) atoms. The fourth-order valence-electron chi connectivity index (χ4n) is 3.73. The Bertz CT molecular complexity index is 851. The van der Waals surface area contributed by atoms with Crippen LogP contribution in [0.5, 0.6) is 0 Å². The fraction of sp³-hybridized carbons (Fsp3) is 0.529. The van der Waals surface area contributed by atoms with Crippen LogP contribution in [0.15, 0.2) is 18.2 Å². The van der Waals surface area contributed by atoms with Gasteiger partial charge in [0.25, 0.3) is 5.91 Å². The summed E-state index contributed by atoms with van der Waals surface area (Å²) in [5.41, 5.74) is 0.997. The van der Waals surface area contributed by atoms with Crippen LogP contribution in [0.25, 0.3) is 0 Å². The molecule has 136 valence electrons. The van der Waals surface area contributed by atoms with Gasteiger partial charge in [0.1, 0.15) is 0 Å². The van der Waals surface area contributed by atoms with Crippen LogP contribution in [0.2, 0.25) is 0 Å². The lowest BCUT2D eigenvalue weighted by Crippen LogP contribution is -2.35. The van der Waals surface area contributed by atoms with Crippen LogP contribution in [0.4, 0.5) is 5.69 Å². The maximum absolute atomic E-state index is 12.7. The van der Waals surface area contributed by atoms with E-state index in [9.17, 15) is 23.1 Å². The standard InChI is InChI=1S/C17H22N2O5S/c1-11-8-13-9-12(4-5-14(13)19(11)25(3,23)24)15(20)18-7-6-17(2,10-18)16(21)22/h4-5,9,11H,6-8,10H2,1-3H3,(H,21,22). The average Bonchev–Trinajstić information content (AvgIpc) is 3.05. The Kier molecular flexibility index (Phi) is 4.06. The third kappa shape index (κ3) is 2.99. The van der Waals surface area contributed by atoms with E-state index in [1.165, 1.54) is 10.6 Å². The van der Waals surface area contributed by atoms with E-state index in [4.69, 9.17) is 0 Å². The van der Waals surface area contributed by atoms with Crippen molar-refractivity contribution in [2.75, 3.05) is 23.7 Å². The summed E-state index contributed by atoms with van der Waals surface area (Å²) in [4.78, 5) is 25.6. The molecule has 2 unspecified atom stereocenters. The molecule has 1 aromatic carbocycles. The second kappa shape index (κ2) is 5.72. The number of sulfonamides is 1. The normalized spacial score (nSPS) is 26.0. The Morgan fingerprint density at radius 1 is 1.32 bits per heavy atom. The highest BCUT2D eigenvalue weighted by atomic mass is 32.2. The minimum absolute atomic E-state index is 0.183. The predicted molar refractivity (Wildman–Crippen MR) is 93.2 cm³/mol. The number of hydrogen-bond donors (Lipinski definition) is 1. The van der Waals surface area contributed by atoms with Crippen molar-refractivity contribution in [2.24, 2.45) is 5.41 Å². The molecule has 0 aliphatic carbocycles. The van der Waals surface area contributed by atoms with Crippen molar-refractivity contribution < 1.29 is 23.1 Å². The Morgan fingerprint density at radius 2 is 2.00 bits per heavy atom. The summed E-state index contributed by atoms with van der Waals surface area (Å²) >= 11 is 0. The molecule has 7 nitrogen and oxygen atoms in total. The summed E-state index contributed by atoms with van der Waals surface area (Å²) in [5.74, 6) is -1.10. The molecule has 1 aromatic rings. The van der Waals surface area contributed by atoms with E-state index < -0.39 is 21.4 Å². The summed E-state index contributed by atoms with van der Waals surface area (Å²) < 4.78 is 25.3. The minimum Gasteiger partial charge on any atom is -0.481 e. The van der Waals surface area contributed by atoms with E-state index in [0.717, 1.165) is 5.56 Å². The molecule has 0 saturated carbocycles. The lowest BCUT2D eigenvalue weighted by molar-refractivity contribution is -0.147.